The third-order valence-electron chi connectivity index (χ3n) is 3.83. The average Bonchev–Trinajstić information content (AvgIpc) is 2.47. The molecule has 0 saturated heterocycles. The van der Waals surface area contributed by atoms with E-state index >= 15 is 0 Å². The standard InChI is InChI=1S/C16H23F2N3O2/c1-10(2)21(8-15(19)22)9-16(23)20(4)11(3)12-5-6-13(17)14(18)7-12/h5-7,10-11H,8-9H2,1-4H3,(H2,19,22)/t11-/m1/s1. The summed E-state index contributed by atoms with van der Waals surface area (Å²) >= 11 is 0. The molecule has 23 heavy (non-hydrogen) atoms. The van der Waals surface area contributed by atoms with E-state index in [1.54, 1.807) is 18.9 Å². The summed E-state index contributed by atoms with van der Waals surface area (Å²) in [7, 11) is 1.58. The maximum absolute atomic E-state index is 13.3. The molecule has 1 aromatic rings. The molecule has 0 aromatic heterocycles. The van der Waals surface area contributed by atoms with Gasteiger partial charge in [-0.05, 0) is 38.5 Å². The zero-order valence-electron chi connectivity index (χ0n) is 13.8. The van der Waals surface area contributed by atoms with Gasteiger partial charge < -0.3 is 10.6 Å². The fraction of sp³-hybridized carbons (Fsp3) is 0.500. The quantitative estimate of drug-likeness (QED) is 0.828. The van der Waals surface area contributed by atoms with Gasteiger partial charge in [0.2, 0.25) is 11.8 Å². The summed E-state index contributed by atoms with van der Waals surface area (Å²) in [6.07, 6.45) is 0. The van der Waals surface area contributed by atoms with Crippen LogP contribution >= 0.6 is 0 Å². The molecule has 1 atom stereocenters. The van der Waals surface area contributed by atoms with Crippen LogP contribution in [-0.4, -0.2) is 47.8 Å². The number of nitrogens with two attached hydrogens (primary N) is 1. The monoisotopic (exact) mass is 327 g/mol. The van der Waals surface area contributed by atoms with E-state index < -0.39 is 23.6 Å². The van der Waals surface area contributed by atoms with Crippen LogP contribution in [0.1, 0.15) is 32.4 Å². The second-order valence-electron chi connectivity index (χ2n) is 5.82. The van der Waals surface area contributed by atoms with Crippen molar-refractivity contribution in [3.05, 3.63) is 35.4 Å². The lowest BCUT2D eigenvalue weighted by Gasteiger charge is -2.30. The molecule has 2 amide bonds. The summed E-state index contributed by atoms with van der Waals surface area (Å²) in [5.41, 5.74) is 5.67. The highest BCUT2D eigenvalue weighted by molar-refractivity contribution is 5.80. The minimum Gasteiger partial charge on any atom is -0.369 e. The molecule has 1 aromatic carbocycles. The van der Waals surface area contributed by atoms with Gasteiger partial charge in [0, 0.05) is 13.1 Å². The molecule has 0 bridgehead atoms. The number of primary amides is 1. The van der Waals surface area contributed by atoms with Crippen LogP contribution in [0, 0.1) is 11.6 Å². The van der Waals surface area contributed by atoms with E-state index in [-0.39, 0.29) is 25.0 Å². The van der Waals surface area contributed by atoms with Crippen LogP contribution < -0.4 is 5.73 Å². The molecule has 128 valence electrons. The number of halogens is 2. The molecule has 0 aliphatic carbocycles. The molecule has 2 N–H and O–H groups in total. The number of carbonyl (C=O) groups excluding carboxylic acids is 2. The number of benzene rings is 1. The molecule has 5 nitrogen and oxygen atoms in total. The van der Waals surface area contributed by atoms with Crippen molar-refractivity contribution < 1.29 is 18.4 Å². The van der Waals surface area contributed by atoms with E-state index in [0.29, 0.717) is 5.56 Å². The number of rotatable bonds is 7. The first-order valence-corrected chi connectivity index (χ1v) is 7.36. The Morgan fingerprint density at radius 1 is 1.13 bits per heavy atom. The Bertz CT molecular complexity index is 578. The molecule has 0 aliphatic rings. The Balaban J connectivity index is 2.81. The summed E-state index contributed by atoms with van der Waals surface area (Å²) in [5, 5.41) is 0. The lowest BCUT2D eigenvalue weighted by Crippen LogP contribution is -2.45. The van der Waals surface area contributed by atoms with Crippen LogP contribution in [0.25, 0.3) is 0 Å². The van der Waals surface area contributed by atoms with Crippen LogP contribution in [0.2, 0.25) is 0 Å². The van der Waals surface area contributed by atoms with Crippen LogP contribution in [-0.2, 0) is 9.59 Å². The molecule has 0 heterocycles. The first-order valence-electron chi connectivity index (χ1n) is 7.36. The van der Waals surface area contributed by atoms with E-state index in [2.05, 4.69) is 0 Å². The highest BCUT2D eigenvalue weighted by atomic mass is 19.2. The summed E-state index contributed by atoms with van der Waals surface area (Å²) in [6.45, 7) is 5.43. The molecule has 0 spiro atoms. The number of amides is 2. The van der Waals surface area contributed by atoms with Crippen molar-refractivity contribution in [3.63, 3.8) is 0 Å². The molecular formula is C16H23F2N3O2. The van der Waals surface area contributed by atoms with Crippen LogP contribution in [0.5, 0.6) is 0 Å². The summed E-state index contributed by atoms with van der Waals surface area (Å²) in [5.74, 6) is -2.63. The number of hydrogen-bond acceptors (Lipinski definition) is 3. The first kappa shape index (κ1) is 19.0. The minimum atomic E-state index is -0.951. The Hall–Kier alpha value is -2.02. The fourth-order valence-corrected chi connectivity index (χ4v) is 2.12. The maximum Gasteiger partial charge on any atom is 0.237 e. The van der Waals surface area contributed by atoms with Crippen LogP contribution in [0.4, 0.5) is 8.78 Å². The Labute approximate surface area is 135 Å². The van der Waals surface area contributed by atoms with Gasteiger partial charge in [0.1, 0.15) is 0 Å². The second-order valence-corrected chi connectivity index (χ2v) is 5.82. The second kappa shape index (κ2) is 8.01. The Morgan fingerprint density at radius 3 is 2.22 bits per heavy atom. The molecule has 7 heteroatoms. The minimum absolute atomic E-state index is 0.0171. The average molecular weight is 327 g/mol. The molecule has 0 unspecified atom stereocenters. The van der Waals surface area contributed by atoms with E-state index in [4.69, 9.17) is 5.73 Å². The number of carbonyl (C=O) groups is 2. The maximum atomic E-state index is 13.3. The van der Waals surface area contributed by atoms with Crippen molar-refractivity contribution >= 4 is 11.8 Å². The predicted molar refractivity (Wildman–Crippen MR) is 83.4 cm³/mol. The van der Waals surface area contributed by atoms with Gasteiger partial charge in [0.05, 0.1) is 19.1 Å². The van der Waals surface area contributed by atoms with Crippen LogP contribution in [0.3, 0.4) is 0 Å². The van der Waals surface area contributed by atoms with Gasteiger partial charge in [0.25, 0.3) is 0 Å². The van der Waals surface area contributed by atoms with Gasteiger partial charge in [-0.25, -0.2) is 8.78 Å². The van der Waals surface area contributed by atoms with Crippen molar-refractivity contribution in [1.29, 1.82) is 0 Å². The Kier molecular flexibility index (Phi) is 6.62. The first-order chi connectivity index (χ1) is 10.6. The van der Waals surface area contributed by atoms with E-state index in [9.17, 15) is 18.4 Å². The van der Waals surface area contributed by atoms with Gasteiger partial charge in [-0.1, -0.05) is 6.07 Å². The molecule has 0 aliphatic heterocycles. The van der Waals surface area contributed by atoms with Crippen molar-refractivity contribution in [2.75, 3.05) is 20.1 Å². The lowest BCUT2D eigenvalue weighted by molar-refractivity contribution is -0.134. The highest BCUT2D eigenvalue weighted by Gasteiger charge is 2.22. The molecule has 1 rings (SSSR count). The zero-order chi connectivity index (χ0) is 17.7. The third kappa shape index (κ3) is 5.28. The smallest absolute Gasteiger partial charge is 0.237 e. The summed E-state index contributed by atoms with van der Waals surface area (Å²) < 4.78 is 26.3. The van der Waals surface area contributed by atoms with Gasteiger partial charge in [-0.3, -0.25) is 14.5 Å². The number of nitrogens with zero attached hydrogens (tertiary/aromatic N) is 2. The van der Waals surface area contributed by atoms with Crippen molar-refractivity contribution in [1.82, 2.24) is 9.80 Å². The topological polar surface area (TPSA) is 66.6 Å². The van der Waals surface area contributed by atoms with Crippen molar-refractivity contribution in [2.24, 2.45) is 5.73 Å². The van der Waals surface area contributed by atoms with Gasteiger partial charge in [-0.2, -0.15) is 0 Å². The fourth-order valence-electron chi connectivity index (χ4n) is 2.12. The third-order valence-corrected chi connectivity index (χ3v) is 3.83. The van der Waals surface area contributed by atoms with Gasteiger partial charge in [0.15, 0.2) is 11.6 Å². The van der Waals surface area contributed by atoms with E-state index in [1.807, 2.05) is 13.8 Å². The van der Waals surface area contributed by atoms with E-state index in [1.165, 1.54) is 11.0 Å². The van der Waals surface area contributed by atoms with Gasteiger partial charge in [-0.15, -0.1) is 0 Å². The van der Waals surface area contributed by atoms with E-state index in [0.717, 1.165) is 12.1 Å². The SMILES string of the molecule is CC(C)N(CC(N)=O)CC(=O)N(C)[C@H](C)c1ccc(F)c(F)c1. The summed E-state index contributed by atoms with van der Waals surface area (Å²) in [4.78, 5) is 26.5. The molecular weight excluding hydrogens is 304 g/mol. The normalized spacial score (nSPS) is 12.5. The van der Waals surface area contributed by atoms with Crippen LogP contribution in [0.15, 0.2) is 18.2 Å². The molecule has 0 saturated carbocycles. The number of hydrogen-bond donors (Lipinski definition) is 1. The predicted octanol–water partition coefficient (Wildman–Crippen LogP) is 1.68. The molecule has 0 fully saturated rings. The van der Waals surface area contributed by atoms with Crippen molar-refractivity contribution in [3.8, 4) is 0 Å². The zero-order valence-corrected chi connectivity index (χ0v) is 13.8. The number of likely N-dealkylation sites (N-methyl/N-ethyl adjacent to an activating group) is 1. The Morgan fingerprint density at radius 2 is 1.74 bits per heavy atom. The van der Waals surface area contributed by atoms with Crippen molar-refractivity contribution in [2.45, 2.75) is 32.9 Å². The molecule has 0 radical (unpaired) electrons. The van der Waals surface area contributed by atoms with Gasteiger partial charge >= 0.3 is 0 Å². The summed E-state index contributed by atoms with van der Waals surface area (Å²) in [6, 6.07) is 3.09. The largest absolute Gasteiger partial charge is 0.369 e. The highest BCUT2D eigenvalue weighted by Crippen LogP contribution is 2.21. The lowest BCUT2D eigenvalue weighted by atomic mass is 10.1.